The van der Waals surface area contributed by atoms with Crippen molar-refractivity contribution in [1.29, 1.82) is 0 Å². The van der Waals surface area contributed by atoms with E-state index in [-0.39, 0.29) is 29.7 Å². The van der Waals surface area contributed by atoms with Crippen LogP contribution in [0.15, 0.2) is 39.1 Å². The van der Waals surface area contributed by atoms with Gasteiger partial charge in [-0.3, -0.25) is 4.79 Å². The highest BCUT2D eigenvalue weighted by Gasteiger charge is 2.09. The van der Waals surface area contributed by atoms with Crippen LogP contribution in [-0.4, -0.2) is 25.0 Å². The van der Waals surface area contributed by atoms with Gasteiger partial charge >= 0.3 is 0 Å². The van der Waals surface area contributed by atoms with E-state index in [0.29, 0.717) is 24.2 Å². The number of nitrogens with zero attached hydrogens (tertiary/aromatic N) is 1. The molecule has 0 fully saturated rings. The Balaban J connectivity index is 0.00000288. The predicted octanol–water partition coefficient (Wildman–Crippen LogP) is 2.92. The fourth-order valence-corrected chi connectivity index (χ4v) is 2.80. The van der Waals surface area contributed by atoms with Gasteiger partial charge in [0.1, 0.15) is 12.3 Å². The number of furan rings is 1. The Labute approximate surface area is 162 Å². The van der Waals surface area contributed by atoms with Crippen molar-refractivity contribution < 1.29 is 9.21 Å². The maximum atomic E-state index is 11.0. The zero-order valence-electron chi connectivity index (χ0n) is 13.7. The van der Waals surface area contributed by atoms with E-state index in [1.165, 1.54) is 4.88 Å². The first-order valence-corrected chi connectivity index (χ1v) is 8.42. The molecule has 1 atom stereocenters. The third-order valence-corrected chi connectivity index (χ3v) is 4.35. The van der Waals surface area contributed by atoms with Crippen LogP contribution in [0.1, 0.15) is 41.0 Å². The molecule has 0 spiro atoms. The van der Waals surface area contributed by atoms with E-state index in [9.17, 15) is 4.79 Å². The summed E-state index contributed by atoms with van der Waals surface area (Å²) in [7, 11) is 0. The van der Waals surface area contributed by atoms with Gasteiger partial charge in [0.05, 0.1) is 0 Å². The van der Waals surface area contributed by atoms with Crippen LogP contribution in [0.2, 0.25) is 0 Å². The molecular formula is C16H23IN4O2S. The summed E-state index contributed by atoms with van der Waals surface area (Å²) in [5.74, 6) is 1.30. The molecule has 0 aliphatic heterocycles. The number of primary amides is 1. The van der Waals surface area contributed by atoms with Crippen molar-refractivity contribution in [3.63, 3.8) is 0 Å². The smallest absolute Gasteiger partial charge is 0.284 e. The Morgan fingerprint density at radius 1 is 1.38 bits per heavy atom. The van der Waals surface area contributed by atoms with Crippen LogP contribution in [0.4, 0.5) is 0 Å². The zero-order valence-corrected chi connectivity index (χ0v) is 16.9. The molecule has 1 unspecified atom stereocenters. The topological polar surface area (TPSA) is 92.6 Å². The maximum Gasteiger partial charge on any atom is 0.284 e. The number of hydrogen-bond acceptors (Lipinski definition) is 4. The number of guanidine groups is 1. The number of carbonyl (C=O) groups excluding carboxylic acids is 1. The molecule has 2 rings (SSSR count). The van der Waals surface area contributed by atoms with Crippen LogP contribution in [0, 0.1) is 0 Å². The average molecular weight is 462 g/mol. The molecule has 0 radical (unpaired) electrons. The summed E-state index contributed by atoms with van der Waals surface area (Å²) >= 11 is 1.75. The van der Waals surface area contributed by atoms with Crippen LogP contribution < -0.4 is 16.4 Å². The molecule has 2 aromatic heterocycles. The standard InChI is InChI=1S/C16H22N4O2S.HI/c1-3-18-16(19-9-11(2)14-5-4-8-23-14)20-10-12-6-7-13(22-12)15(17)21;/h4-8,11H,3,9-10H2,1-2H3,(H2,17,21)(H2,18,19,20);1H. The van der Waals surface area contributed by atoms with Gasteiger partial charge in [0.15, 0.2) is 11.7 Å². The molecule has 0 saturated carbocycles. The maximum absolute atomic E-state index is 11.0. The van der Waals surface area contributed by atoms with Gasteiger partial charge in [-0.2, -0.15) is 0 Å². The number of aliphatic imine (C=N–C) groups is 1. The van der Waals surface area contributed by atoms with Gasteiger partial charge in [-0.25, -0.2) is 4.99 Å². The van der Waals surface area contributed by atoms with Gasteiger partial charge in [0, 0.05) is 23.9 Å². The number of carbonyl (C=O) groups is 1. The van der Waals surface area contributed by atoms with Crippen LogP contribution in [-0.2, 0) is 6.54 Å². The van der Waals surface area contributed by atoms with Gasteiger partial charge in [0.25, 0.3) is 5.91 Å². The van der Waals surface area contributed by atoms with E-state index in [4.69, 9.17) is 10.2 Å². The lowest BCUT2D eigenvalue weighted by molar-refractivity contribution is 0.0972. The first-order valence-electron chi connectivity index (χ1n) is 7.54. The first-order chi connectivity index (χ1) is 11.1. The number of nitrogens with one attached hydrogen (secondary N) is 2. The number of rotatable bonds is 7. The van der Waals surface area contributed by atoms with Crippen molar-refractivity contribution in [2.24, 2.45) is 10.7 Å². The van der Waals surface area contributed by atoms with Crippen molar-refractivity contribution >= 4 is 47.2 Å². The predicted molar refractivity (Wildman–Crippen MR) is 108 cm³/mol. The molecule has 132 valence electrons. The summed E-state index contributed by atoms with van der Waals surface area (Å²) < 4.78 is 5.32. The second-order valence-corrected chi connectivity index (χ2v) is 6.10. The molecule has 24 heavy (non-hydrogen) atoms. The lowest BCUT2D eigenvalue weighted by Gasteiger charge is -2.14. The SMILES string of the molecule is CCNC(=NCc1ccc(C(N)=O)o1)NCC(C)c1cccs1.I. The minimum Gasteiger partial charge on any atom is -0.454 e. The first kappa shape index (κ1) is 20.5. The van der Waals surface area contributed by atoms with E-state index >= 15 is 0 Å². The third kappa shape index (κ3) is 6.16. The van der Waals surface area contributed by atoms with Gasteiger partial charge < -0.3 is 20.8 Å². The second kappa shape index (κ2) is 10.3. The number of nitrogens with two attached hydrogens (primary N) is 1. The fourth-order valence-electron chi connectivity index (χ4n) is 2.02. The highest BCUT2D eigenvalue weighted by Crippen LogP contribution is 2.19. The minimum absolute atomic E-state index is 0. The molecule has 0 bridgehead atoms. The summed E-state index contributed by atoms with van der Waals surface area (Å²) in [6.45, 7) is 6.09. The highest BCUT2D eigenvalue weighted by atomic mass is 127. The Kier molecular flexibility index (Phi) is 8.83. The Bertz CT molecular complexity index is 655. The third-order valence-electron chi connectivity index (χ3n) is 3.25. The number of amides is 1. The van der Waals surface area contributed by atoms with E-state index in [1.54, 1.807) is 23.5 Å². The molecule has 0 aliphatic carbocycles. The quantitative estimate of drug-likeness (QED) is 0.335. The number of thiophene rings is 1. The summed E-state index contributed by atoms with van der Waals surface area (Å²) in [5, 5.41) is 8.59. The minimum atomic E-state index is -0.574. The molecule has 4 N–H and O–H groups in total. The summed E-state index contributed by atoms with van der Waals surface area (Å²) in [6.07, 6.45) is 0. The number of hydrogen-bond donors (Lipinski definition) is 3. The van der Waals surface area contributed by atoms with E-state index in [0.717, 1.165) is 13.1 Å². The Morgan fingerprint density at radius 3 is 2.75 bits per heavy atom. The lowest BCUT2D eigenvalue weighted by Crippen LogP contribution is -2.39. The molecule has 0 saturated heterocycles. The summed E-state index contributed by atoms with van der Waals surface area (Å²) in [4.78, 5) is 16.8. The van der Waals surface area contributed by atoms with Crippen LogP contribution in [0.25, 0.3) is 0 Å². The Morgan fingerprint density at radius 2 is 2.17 bits per heavy atom. The van der Waals surface area contributed by atoms with Crippen LogP contribution >= 0.6 is 35.3 Å². The van der Waals surface area contributed by atoms with Crippen molar-refractivity contribution in [2.45, 2.75) is 26.3 Å². The molecule has 0 aromatic carbocycles. The largest absolute Gasteiger partial charge is 0.454 e. The molecule has 2 heterocycles. The van der Waals surface area contributed by atoms with E-state index < -0.39 is 5.91 Å². The molecule has 2 aromatic rings. The number of halogens is 1. The van der Waals surface area contributed by atoms with Gasteiger partial charge in [-0.15, -0.1) is 35.3 Å². The van der Waals surface area contributed by atoms with Crippen molar-refractivity contribution in [3.05, 3.63) is 46.0 Å². The highest BCUT2D eigenvalue weighted by molar-refractivity contribution is 14.0. The van der Waals surface area contributed by atoms with Crippen molar-refractivity contribution in [2.75, 3.05) is 13.1 Å². The molecule has 8 heteroatoms. The molecule has 1 amide bonds. The van der Waals surface area contributed by atoms with E-state index in [2.05, 4.69) is 40.1 Å². The van der Waals surface area contributed by atoms with Crippen LogP contribution in [0.3, 0.4) is 0 Å². The molecular weight excluding hydrogens is 439 g/mol. The average Bonchev–Trinajstić information content (AvgIpc) is 3.20. The fraction of sp³-hybridized carbons (Fsp3) is 0.375. The lowest BCUT2D eigenvalue weighted by atomic mass is 10.1. The summed E-state index contributed by atoms with van der Waals surface area (Å²) in [5.41, 5.74) is 5.17. The molecule has 6 nitrogen and oxygen atoms in total. The van der Waals surface area contributed by atoms with Gasteiger partial charge in [-0.1, -0.05) is 13.0 Å². The second-order valence-electron chi connectivity index (χ2n) is 5.12. The normalized spacial score (nSPS) is 12.3. The summed E-state index contributed by atoms with van der Waals surface area (Å²) in [6, 6.07) is 7.46. The molecule has 0 aliphatic rings. The van der Waals surface area contributed by atoms with Gasteiger partial charge in [-0.05, 0) is 30.5 Å². The van der Waals surface area contributed by atoms with E-state index in [1.807, 2.05) is 6.92 Å². The monoisotopic (exact) mass is 462 g/mol. The van der Waals surface area contributed by atoms with Crippen LogP contribution in [0.5, 0.6) is 0 Å². The zero-order chi connectivity index (χ0) is 16.7. The van der Waals surface area contributed by atoms with Crippen molar-refractivity contribution in [3.8, 4) is 0 Å². The van der Waals surface area contributed by atoms with Gasteiger partial charge in [0.2, 0.25) is 0 Å². The van der Waals surface area contributed by atoms with Crippen molar-refractivity contribution in [1.82, 2.24) is 10.6 Å². The Hall–Kier alpha value is -1.55.